The van der Waals surface area contributed by atoms with Crippen molar-refractivity contribution in [3.63, 3.8) is 0 Å². The van der Waals surface area contributed by atoms with Crippen molar-refractivity contribution in [1.29, 1.82) is 0 Å². The summed E-state index contributed by atoms with van der Waals surface area (Å²) in [6.45, 7) is 3.10. The molecule has 0 bridgehead atoms. The highest BCUT2D eigenvalue weighted by atomic mass is 35.5. The van der Waals surface area contributed by atoms with Crippen LogP contribution in [0.5, 0.6) is 5.75 Å². The van der Waals surface area contributed by atoms with Gasteiger partial charge in [0.25, 0.3) is 0 Å². The van der Waals surface area contributed by atoms with Crippen molar-refractivity contribution in [2.75, 3.05) is 7.11 Å². The molecule has 0 heterocycles. The van der Waals surface area contributed by atoms with Gasteiger partial charge in [0.15, 0.2) is 0 Å². The fourth-order valence-electron chi connectivity index (χ4n) is 1.90. The Labute approximate surface area is 102 Å². The van der Waals surface area contributed by atoms with E-state index in [2.05, 4.69) is 12.2 Å². The van der Waals surface area contributed by atoms with Crippen LogP contribution < -0.4 is 10.1 Å². The highest BCUT2D eigenvalue weighted by Gasteiger charge is 2.27. The van der Waals surface area contributed by atoms with E-state index in [1.54, 1.807) is 7.11 Å². The normalized spacial score (nSPS) is 17.2. The minimum absolute atomic E-state index is 0.598. The summed E-state index contributed by atoms with van der Waals surface area (Å²) in [4.78, 5) is 0. The van der Waals surface area contributed by atoms with Crippen molar-refractivity contribution in [1.82, 2.24) is 5.32 Å². The van der Waals surface area contributed by atoms with Gasteiger partial charge in [-0.1, -0.05) is 17.7 Å². The second kappa shape index (κ2) is 5.07. The van der Waals surface area contributed by atoms with Crippen molar-refractivity contribution in [2.45, 2.75) is 32.4 Å². The summed E-state index contributed by atoms with van der Waals surface area (Å²) in [6.07, 6.45) is 2.73. The molecule has 1 aliphatic carbocycles. The van der Waals surface area contributed by atoms with Crippen molar-refractivity contribution in [3.05, 3.63) is 28.8 Å². The Hall–Kier alpha value is -0.730. The van der Waals surface area contributed by atoms with Crippen LogP contribution in [-0.4, -0.2) is 13.2 Å². The lowest BCUT2D eigenvalue weighted by molar-refractivity contribution is 0.404. The molecule has 1 N–H and O–H groups in total. The molecule has 0 aliphatic heterocycles. The molecule has 0 spiro atoms. The Morgan fingerprint density at radius 3 is 2.88 bits per heavy atom. The molecule has 1 saturated carbocycles. The number of benzene rings is 1. The maximum Gasteiger partial charge on any atom is 0.124 e. The van der Waals surface area contributed by atoms with Gasteiger partial charge in [0, 0.05) is 23.2 Å². The molecule has 0 saturated heterocycles. The third-order valence-electron chi connectivity index (χ3n) is 3.19. The van der Waals surface area contributed by atoms with E-state index in [0.717, 1.165) is 23.2 Å². The molecular formula is C13H18ClNO. The van der Waals surface area contributed by atoms with Crippen LogP contribution in [-0.2, 0) is 6.54 Å². The number of hydrogen-bond acceptors (Lipinski definition) is 2. The third kappa shape index (κ3) is 2.89. The Balaban J connectivity index is 1.97. The van der Waals surface area contributed by atoms with E-state index in [1.165, 1.54) is 18.4 Å². The zero-order chi connectivity index (χ0) is 11.5. The minimum atomic E-state index is 0.598. The van der Waals surface area contributed by atoms with E-state index in [-0.39, 0.29) is 0 Å². The number of rotatable bonds is 5. The molecule has 0 amide bonds. The first-order valence-electron chi connectivity index (χ1n) is 5.76. The Kier molecular flexibility index (Phi) is 3.72. The summed E-state index contributed by atoms with van der Waals surface area (Å²) in [5, 5.41) is 4.25. The summed E-state index contributed by atoms with van der Waals surface area (Å²) >= 11 is 5.92. The van der Waals surface area contributed by atoms with Gasteiger partial charge in [0.1, 0.15) is 5.75 Å². The van der Waals surface area contributed by atoms with Gasteiger partial charge in [0.05, 0.1) is 7.11 Å². The van der Waals surface area contributed by atoms with Crippen LogP contribution in [0.15, 0.2) is 18.2 Å². The first kappa shape index (κ1) is 11.7. The van der Waals surface area contributed by atoms with Crippen LogP contribution in [0, 0.1) is 5.92 Å². The average Bonchev–Trinajstić information content (AvgIpc) is 3.10. The van der Waals surface area contributed by atoms with E-state index in [9.17, 15) is 0 Å². The molecule has 16 heavy (non-hydrogen) atoms. The summed E-state index contributed by atoms with van der Waals surface area (Å²) < 4.78 is 5.31. The second-order valence-electron chi connectivity index (χ2n) is 4.46. The highest BCUT2D eigenvalue weighted by molar-refractivity contribution is 6.30. The van der Waals surface area contributed by atoms with E-state index in [0.29, 0.717) is 6.04 Å². The number of ether oxygens (including phenoxy) is 1. The summed E-state index contributed by atoms with van der Waals surface area (Å²) in [5.41, 5.74) is 1.17. The molecule has 1 aliphatic rings. The molecule has 2 nitrogen and oxygen atoms in total. The molecule has 0 aromatic heterocycles. The fourth-order valence-corrected chi connectivity index (χ4v) is 2.06. The fraction of sp³-hybridized carbons (Fsp3) is 0.538. The van der Waals surface area contributed by atoms with E-state index in [1.807, 2.05) is 18.2 Å². The average molecular weight is 240 g/mol. The van der Waals surface area contributed by atoms with Gasteiger partial charge in [-0.05, 0) is 37.8 Å². The van der Waals surface area contributed by atoms with Crippen LogP contribution >= 0.6 is 11.6 Å². The monoisotopic (exact) mass is 239 g/mol. The Morgan fingerprint density at radius 1 is 1.50 bits per heavy atom. The first-order valence-corrected chi connectivity index (χ1v) is 6.14. The largest absolute Gasteiger partial charge is 0.496 e. The summed E-state index contributed by atoms with van der Waals surface area (Å²) in [7, 11) is 1.68. The molecule has 1 fully saturated rings. The molecule has 2 rings (SSSR count). The van der Waals surface area contributed by atoms with Gasteiger partial charge in [0.2, 0.25) is 0 Å². The molecule has 1 unspecified atom stereocenters. The van der Waals surface area contributed by atoms with Crippen molar-refractivity contribution in [2.24, 2.45) is 5.92 Å². The minimum Gasteiger partial charge on any atom is -0.496 e. The predicted octanol–water partition coefficient (Wildman–Crippen LogP) is 3.24. The van der Waals surface area contributed by atoms with E-state index in [4.69, 9.17) is 16.3 Å². The predicted molar refractivity (Wildman–Crippen MR) is 67.0 cm³/mol. The van der Waals surface area contributed by atoms with Gasteiger partial charge in [-0.25, -0.2) is 0 Å². The zero-order valence-corrected chi connectivity index (χ0v) is 10.6. The first-order chi connectivity index (χ1) is 7.70. The number of nitrogens with one attached hydrogen (secondary N) is 1. The lowest BCUT2D eigenvalue weighted by atomic mass is 10.1. The molecule has 1 aromatic rings. The van der Waals surface area contributed by atoms with E-state index < -0.39 is 0 Å². The quantitative estimate of drug-likeness (QED) is 0.852. The molecule has 88 valence electrons. The maximum atomic E-state index is 5.92. The highest BCUT2D eigenvalue weighted by Crippen LogP contribution is 2.32. The lowest BCUT2D eigenvalue weighted by Gasteiger charge is -2.14. The maximum absolute atomic E-state index is 5.92. The van der Waals surface area contributed by atoms with Gasteiger partial charge in [-0.15, -0.1) is 0 Å². The zero-order valence-electron chi connectivity index (χ0n) is 9.79. The van der Waals surface area contributed by atoms with Crippen LogP contribution in [0.1, 0.15) is 25.3 Å². The Morgan fingerprint density at radius 2 is 2.25 bits per heavy atom. The standard InChI is InChI=1S/C13H18ClNO/c1-9(10-3-4-10)15-8-11-5-6-12(14)7-13(11)16-2/h5-7,9-10,15H,3-4,8H2,1-2H3. The lowest BCUT2D eigenvalue weighted by Crippen LogP contribution is -2.27. The van der Waals surface area contributed by atoms with Gasteiger partial charge >= 0.3 is 0 Å². The molecule has 1 atom stereocenters. The topological polar surface area (TPSA) is 21.3 Å². The third-order valence-corrected chi connectivity index (χ3v) is 3.43. The molecule has 0 radical (unpaired) electrons. The van der Waals surface area contributed by atoms with Crippen LogP contribution in [0.3, 0.4) is 0 Å². The van der Waals surface area contributed by atoms with Gasteiger partial charge < -0.3 is 10.1 Å². The molecule has 1 aromatic carbocycles. The summed E-state index contributed by atoms with van der Waals surface area (Å²) in [6, 6.07) is 6.39. The van der Waals surface area contributed by atoms with Crippen LogP contribution in [0.25, 0.3) is 0 Å². The Bertz CT molecular complexity index is 363. The second-order valence-corrected chi connectivity index (χ2v) is 4.90. The molecule has 3 heteroatoms. The summed E-state index contributed by atoms with van der Waals surface area (Å²) in [5.74, 6) is 1.74. The molecular weight excluding hydrogens is 222 g/mol. The van der Waals surface area contributed by atoms with Gasteiger partial charge in [-0.3, -0.25) is 0 Å². The van der Waals surface area contributed by atoms with Crippen molar-refractivity contribution >= 4 is 11.6 Å². The van der Waals surface area contributed by atoms with Crippen molar-refractivity contribution in [3.8, 4) is 5.75 Å². The van der Waals surface area contributed by atoms with Crippen LogP contribution in [0.4, 0.5) is 0 Å². The number of halogens is 1. The van der Waals surface area contributed by atoms with Crippen molar-refractivity contribution < 1.29 is 4.74 Å². The van der Waals surface area contributed by atoms with Crippen LogP contribution in [0.2, 0.25) is 5.02 Å². The number of hydrogen-bond donors (Lipinski definition) is 1. The van der Waals surface area contributed by atoms with Gasteiger partial charge in [-0.2, -0.15) is 0 Å². The number of methoxy groups -OCH3 is 1. The van der Waals surface area contributed by atoms with E-state index >= 15 is 0 Å². The SMILES string of the molecule is COc1cc(Cl)ccc1CNC(C)C1CC1. The smallest absolute Gasteiger partial charge is 0.124 e.